The number of para-hydroxylation sites is 1. The summed E-state index contributed by atoms with van der Waals surface area (Å²) in [5.74, 6) is -0.896. The minimum absolute atomic E-state index is 0.0328. The fourth-order valence-corrected chi connectivity index (χ4v) is 4.26. The third kappa shape index (κ3) is 5.37. The molecule has 1 amide bonds. The standard InChI is InChI=1S/C24H18BrFN4O2S/c1-15-6-9-18(10-7-15)30-23(32)19-4-2-3-5-21(19)28-24(30)33-14-22(31)29-27-13-16-12-17(25)8-11-20(16)26/h2-13H,14H2,1H3,(H,29,31)/b27-13-. The normalized spacial score (nSPS) is 11.2. The molecule has 0 aliphatic heterocycles. The van der Waals surface area contributed by atoms with Crippen LogP contribution in [0.15, 0.2) is 86.3 Å². The van der Waals surface area contributed by atoms with Gasteiger partial charge in [0.15, 0.2) is 5.16 Å². The van der Waals surface area contributed by atoms with E-state index in [9.17, 15) is 14.0 Å². The zero-order valence-electron chi connectivity index (χ0n) is 17.5. The number of fused-ring (bicyclic) bond motifs is 1. The molecule has 4 aromatic rings. The van der Waals surface area contributed by atoms with Gasteiger partial charge in [0.25, 0.3) is 11.5 Å². The highest BCUT2D eigenvalue weighted by Gasteiger charge is 2.14. The molecule has 0 atom stereocenters. The average Bonchev–Trinajstić information content (AvgIpc) is 2.81. The summed E-state index contributed by atoms with van der Waals surface area (Å²) in [5.41, 5.74) is 4.68. The molecule has 0 aliphatic carbocycles. The molecule has 3 aromatic carbocycles. The van der Waals surface area contributed by atoms with Crippen molar-refractivity contribution in [2.24, 2.45) is 5.10 Å². The van der Waals surface area contributed by atoms with Crippen LogP contribution < -0.4 is 11.0 Å². The van der Waals surface area contributed by atoms with Gasteiger partial charge >= 0.3 is 0 Å². The van der Waals surface area contributed by atoms with Crippen molar-refractivity contribution in [3.8, 4) is 5.69 Å². The Labute approximate surface area is 201 Å². The van der Waals surface area contributed by atoms with Gasteiger partial charge in [0.1, 0.15) is 5.82 Å². The number of aryl methyl sites for hydroxylation is 1. The topological polar surface area (TPSA) is 76.3 Å². The van der Waals surface area contributed by atoms with Gasteiger partial charge in [-0.25, -0.2) is 14.8 Å². The third-order valence-corrected chi connectivity index (χ3v) is 6.15. The Morgan fingerprint density at radius 3 is 2.73 bits per heavy atom. The van der Waals surface area contributed by atoms with E-state index in [0.29, 0.717) is 26.2 Å². The average molecular weight is 525 g/mol. The molecule has 0 spiro atoms. The fourth-order valence-electron chi connectivity index (χ4n) is 3.08. The van der Waals surface area contributed by atoms with Gasteiger partial charge < -0.3 is 0 Å². The van der Waals surface area contributed by atoms with Crippen molar-refractivity contribution in [2.45, 2.75) is 12.1 Å². The van der Waals surface area contributed by atoms with Gasteiger partial charge in [-0.05, 0) is 49.4 Å². The summed E-state index contributed by atoms with van der Waals surface area (Å²) in [5, 5.41) is 4.71. The Bertz CT molecular complexity index is 1420. The van der Waals surface area contributed by atoms with E-state index >= 15 is 0 Å². The lowest BCUT2D eigenvalue weighted by molar-refractivity contribution is -0.118. The fraction of sp³-hybridized carbons (Fsp3) is 0.0833. The number of aromatic nitrogens is 2. The van der Waals surface area contributed by atoms with Crippen molar-refractivity contribution < 1.29 is 9.18 Å². The molecule has 0 radical (unpaired) electrons. The van der Waals surface area contributed by atoms with Gasteiger partial charge in [0.05, 0.1) is 28.6 Å². The Kier molecular flexibility index (Phi) is 7.00. The number of halogens is 2. The predicted octanol–water partition coefficient (Wildman–Crippen LogP) is 4.84. The van der Waals surface area contributed by atoms with Gasteiger partial charge in [-0.15, -0.1) is 0 Å². The lowest BCUT2D eigenvalue weighted by Gasteiger charge is -2.13. The highest BCUT2D eigenvalue weighted by molar-refractivity contribution is 9.10. The van der Waals surface area contributed by atoms with Crippen LogP contribution in [0.5, 0.6) is 0 Å². The van der Waals surface area contributed by atoms with E-state index in [0.717, 1.165) is 17.3 Å². The Balaban J connectivity index is 1.56. The lowest BCUT2D eigenvalue weighted by atomic mass is 10.2. The minimum atomic E-state index is -0.451. The molecule has 0 fully saturated rings. The molecule has 0 bridgehead atoms. The van der Waals surface area contributed by atoms with Gasteiger partial charge in [0.2, 0.25) is 0 Å². The number of hydrogen-bond acceptors (Lipinski definition) is 5. The second-order valence-corrected chi connectivity index (χ2v) is 8.99. The monoisotopic (exact) mass is 524 g/mol. The molecule has 33 heavy (non-hydrogen) atoms. The molecule has 0 saturated heterocycles. The van der Waals surface area contributed by atoms with Crippen molar-refractivity contribution in [2.75, 3.05) is 5.75 Å². The number of benzene rings is 3. The number of rotatable bonds is 6. The van der Waals surface area contributed by atoms with Crippen molar-refractivity contribution in [3.63, 3.8) is 0 Å². The number of amides is 1. The minimum Gasteiger partial charge on any atom is -0.272 e. The third-order valence-electron chi connectivity index (χ3n) is 4.72. The van der Waals surface area contributed by atoms with Crippen molar-refractivity contribution in [3.05, 3.63) is 98.5 Å². The summed E-state index contributed by atoms with van der Waals surface area (Å²) in [4.78, 5) is 30.2. The van der Waals surface area contributed by atoms with E-state index < -0.39 is 11.7 Å². The summed E-state index contributed by atoms with van der Waals surface area (Å²) in [6.07, 6.45) is 1.24. The molecule has 0 unspecified atom stereocenters. The molecule has 1 heterocycles. The maximum Gasteiger partial charge on any atom is 0.266 e. The smallest absolute Gasteiger partial charge is 0.266 e. The summed E-state index contributed by atoms with van der Waals surface area (Å²) in [6, 6.07) is 19.0. The number of nitrogens with one attached hydrogen (secondary N) is 1. The molecule has 4 rings (SSSR count). The van der Waals surface area contributed by atoms with Crippen LogP contribution in [0.2, 0.25) is 0 Å². The zero-order chi connectivity index (χ0) is 23.4. The summed E-state index contributed by atoms with van der Waals surface area (Å²) in [7, 11) is 0. The molecule has 6 nitrogen and oxygen atoms in total. The number of nitrogens with zero attached hydrogens (tertiary/aromatic N) is 3. The first-order chi connectivity index (χ1) is 15.9. The van der Waals surface area contributed by atoms with Gasteiger partial charge in [-0.3, -0.25) is 14.2 Å². The first kappa shape index (κ1) is 22.9. The van der Waals surface area contributed by atoms with E-state index in [1.54, 1.807) is 30.3 Å². The molecule has 0 aliphatic rings. The van der Waals surface area contributed by atoms with Gasteiger partial charge in [0, 0.05) is 10.0 Å². The Morgan fingerprint density at radius 1 is 1.18 bits per heavy atom. The molecular formula is C24H18BrFN4O2S. The summed E-state index contributed by atoms with van der Waals surface area (Å²) < 4.78 is 16.0. The van der Waals surface area contributed by atoms with Crippen LogP contribution in [-0.4, -0.2) is 27.4 Å². The Hall–Kier alpha value is -3.30. The number of thioether (sulfide) groups is 1. The maximum atomic E-state index is 13.8. The van der Waals surface area contributed by atoms with Crippen LogP contribution in [0, 0.1) is 12.7 Å². The Morgan fingerprint density at radius 2 is 1.94 bits per heavy atom. The number of hydrazone groups is 1. The quantitative estimate of drug-likeness (QED) is 0.169. The van der Waals surface area contributed by atoms with Crippen LogP contribution in [0.25, 0.3) is 16.6 Å². The highest BCUT2D eigenvalue weighted by atomic mass is 79.9. The molecule has 0 saturated carbocycles. The second-order valence-electron chi connectivity index (χ2n) is 7.14. The summed E-state index contributed by atoms with van der Waals surface area (Å²) >= 11 is 4.39. The van der Waals surface area contributed by atoms with Crippen LogP contribution in [0.1, 0.15) is 11.1 Å². The molecular weight excluding hydrogens is 507 g/mol. The number of carbonyl (C=O) groups excluding carboxylic acids is 1. The predicted molar refractivity (Wildman–Crippen MR) is 133 cm³/mol. The van der Waals surface area contributed by atoms with Crippen LogP contribution in [0.3, 0.4) is 0 Å². The molecule has 1 aromatic heterocycles. The second kappa shape index (κ2) is 10.1. The van der Waals surface area contributed by atoms with Gasteiger partial charge in [-0.2, -0.15) is 5.10 Å². The number of hydrogen-bond donors (Lipinski definition) is 1. The molecule has 9 heteroatoms. The lowest BCUT2D eigenvalue weighted by Crippen LogP contribution is -2.24. The zero-order valence-corrected chi connectivity index (χ0v) is 19.9. The first-order valence-corrected chi connectivity index (χ1v) is 11.7. The number of carbonyl (C=O) groups is 1. The first-order valence-electron chi connectivity index (χ1n) is 9.91. The highest BCUT2D eigenvalue weighted by Crippen LogP contribution is 2.21. The van der Waals surface area contributed by atoms with Crippen molar-refractivity contribution >= 4 is 50.7 Å². The van der Waals surface area contributed by atoms with Crippen LogP contribution in [-0.2, 0) is 4.79 Å². The van der Waals surface area contributed by atoms with Crippen LogP contribution >= 0.6 is 27.7 Å². The van der Waals surface area contributed by atoms with E-state index in [1.165, 1.54) is 16.8 Å². The van der Waals surface area contributed by atoms with E-state index in [-0.39, 0.29) is 16.9 Å². The van der Waals surface area contributed by atoms with Crippen LogP contribution in [0.4, 0.5) is 4.39 Å². The van der Waals surface area contributed by atoms with Gasteiger partial charge in [-0.1, -0.05) is 57.5 Å². The molecule has 1 N–H and O–H groups in total. The SMILES string of the molecule is Cc1ccc(-n2c(SCC(=O)N/N=C\c3cc(Br)ccc3F)nc3ccccc3c2=O)cc1. The van der Waals surface area contributed by atoms with E-state index in [4.69, 9.17) is 0 Å². The molecule has 166 valence electrons. The summed E-state index contributed by atoms with van der Waals surface area (Å²) in [6.45, 7) is 1.96. The maximum absolute atomic E-state index is 13.8. The van der Waals surface area contributed by atoms with Crippen molar-refractivity contribution in [1.29, 1.82) is 0 Å². The largest absolute Gasteiger partial charge is 0.272 e. The van der Waals surface area contributed by atoms with E-state index in [1.807, 2.05) is 37.3 Å². The van der Waals surface area contributed by atoms with Crippen molar-refractivity contribution in [1.82, 2.24) is 15.0 Å². The van der Waals surface area contributed by atoms with E-state index in [2.05, 4.69) is 31.4 Å².